The zero-order valence-electron chi connectivity index (χ0n) is 12.4. The number of alkyl halides is 2. The molecule has 0 unspecified atom stereocenters. The topological polar surface area (TPSA) is 84.7 Å². The number of halogens is 3. The maximum atomic E-state index is 12.7. The van der Waals surface area contributed by atoms with Gasteiger partial charge < -0.3 is 0 Å². The van der Waals surface area contributed by atoms with Gasteiger partial charge in [0.1, 0.15) is 23.6 Å². The molecule has 1 aromatic carbocycles. The van der Waals surface area contributed by atoms with Crippen molar-refractivity contribution in [2.24, 2.45) is 0 Å². The predicted octanol–water partition coefficient (Wildman–Crippen LogP) is 2.93. The van der Waals surface area contributed by atoms with Gasteiger partial charge in [0.05, 0.1) is 5.52 Å². The Balaban J connectivity index is 1.93. The van der Waals surface area contributed by atoms with Crippen molar-refractivity contribution in [2.45, 2.75) is 13.0 Å². The molecule has 0 aliphatic carbocycles. The van der Waals surface area contributed by atoms with Crippen LogP contribution in [0.2, 0.25) is 5.28 Å². The fraction of sp³-hybridized carbons (Fsp3) is 0.133. The first-order valence-electron chi connectivity index (χ1n) is 7.13. The van der Waals surface area contributed by atoms with E-state index in [1.807, 2.05) is 6.07 Å². The standard InChI is InChI=1S/C15H8ClF2N7/c16-15-20-11(6-19)14-9(3-4-24(14)22-15)8-1-2-10-12(5-8)25(23-21-10)7-13(17)18/h1-5,13H,7H2. The molecule has 0 radical (unpaired) electrons. The lowest BCUT2D eigenvalue weighted by Gasteiger charge is -2.04. The van der Waals surface area contributed by atoms with Crippen LogP contribution in [0.25, 0.3) is 27.7 Å². The highest BCUT2D eigenvalue weighted by Crippen LogP contribution is 2.29. The summed E-state index contributed by atoms with van der Waals surface area (Å²) in [6, 6.07) is 8.90. The van der Waals surface area contributed by atoms with Crippen LogP contribution in [-0.2, 0) is 6.54 Å². The van der Waals surface area contributed by atoms with Gasteiger partial charge >= 0.3 is 0 Å². The third kappa shape index (κ3) is 2.56. The molecule has 124 valence electrons. The van der Waals surface area contributed by atoms with Crippen LogP contribution in [0.1, 0.15) is 5.69 Å². The van der Waals surface area contributed by atoms with Crippen LogP contribution < -0.4 is 0 Å². The summed E-state index contributed by atoms with van der Waals surface area (Å²) in [5, 5.41) is 20.9. The number of nitrogens with zero attached hydrogens (tertiary/aromatic N) is 7. The lowest BCUT2D eigenvalue weighted by atomic mass is 10.1. The highest BCUT2D eigenvalue weighted by molar-refractivity contribution is 6.28. The molecule has 0 amide bonds. The van der Waals surface area contributed by atoms with Gasteiger partial charge in [0.25, 0.3) is 6.43 Å². The number of hydrogen-bond donors (Lipinski definition) is 0. The summed E-state index contributed by atoms with van der Waals surface area (Å²) in [6.45, 7) is -0.543. The maximum absolute atomic E-state index is 12.7. The van der Waals surface area contributed by atoms with Crippen LogP contribution in [0.3, 0.4) is 0 Å². The van der Waals surface area contributed by atoms with E-state index in [9.17, 15) is 14.0 Å². The van der Waals surface area contributed by atoms with E-state index < -0.39 is 13.0 Å². The van der Waals surface area contributed by atoms with Crippen LogP contribution in [0.15, 0.2) is 30.5 Å². The number of benzene rings is 1. The maximum Gasteiger partial charge on any atom is 0.258 e. The van der Waals surface area contributed by atoms with E-state index in [1.165, 1.54) is 4.52 Å². The molecule has 4 rings (SSSR count). The van der Waals surface area contributed by atoms with Crippen LogP contribution in [0.4, 0.5) is 8.78 Å². The molecule has 10 heteroatoms. The molecule has 7 nitrogen and oxygen atoms in total. The molecule has 0 N–H and O–H groups in total. The summed E-state index contributed by atoms with van der Waals surface area (Å²) < 4.78 is 28.0. The zero-order chi connectivity index (χ0) is 17.6. The average molecular weight is 360 g/mol. The van der Waals surface area contributed by atoms with Crippen molar-refractivity contribution in [3.8, 4) is 17.2 Å². The van der Waals surface area contributed by atoms with Gasteiger partial charge in [0.2, 0.25) is 5.28 Å². The van der Waals surface area contributed by atoms with E-state index in [4.69, 9.17) is 11.6 Å². The van der Waals surface area contributed by atoms with E-state index in [-0.39, 0.29) is 11.0 Å². The van der Waals surface area contributed by atoms with Crippen molar-refractivity contribution >= 4 is 28.2 Å². The summed E-state index contributed by atoms with van der Waals surface area (Å²) in [4.78, 5) is 3.93. The Hall–Kier alpha value is -3.12. The molecule has 0 saturated carbocycles. The minimum atomic E-state index is -2.54. The first kappa shape index (κ1) is 15.4. The second-order valence-corrected chi connectivity index (χ2v) is 5.57. The molecule has 0 aliphatic heterocycles. The number of rotatable bonds is 3. The Kier molecular flexibility index (Phi) is 3.54. The number of nitriles is 1. The quantitative estimate of drug-likeness (QED) is 0.561. The molecule has 0 atom stereocenters. The molecule has 0 bridgehead atoms. The van der Waals surface area contributed by atoms with E-state index in [1.54, 1.807) is 30.5 Å². The van der Waals surface area contributed by atoms with Crippen LogP contribution in [0.5, 0.6) is 0 Å². The van der Waals surface area contributed by atoms with Crippen molar-refractivity contribution in [1.29, 1.82) is 5.26 Å². The zero-order valence-corrected chi connectivity index (χ0v) is 13.2. The van der Waals surface area contributed by atoms with E-state index in [0.29, 0.717) is 27.7 Å². The number of hydrogen-bond acceptors (Lipinski definition) is 5. The largest absolute Gasteiger partial charge is 0.258 e. The molecule has 0 spiro atoms. The highest BCUT2D eigenvalue weighted by Gasteiger charge is 2.16. The number of aromatic nitrogens is 6. The molecule has 4 aromatic rings. The number of fused-ring (bicyclic) bond motifs is 2. The fourth-order valence-electron chi connectivity index (χ4n) is 2.71. The molecule has 3 heterocycles. The van der Waals surface area contributed by atoms with Gasteiger partial charge in [-0.05, 0) is 35.4 Å². The SMILES string of the molecule is N#Cc1nc(Cl)nn2ccc(-c3ccc4nnn(CC(F)F)c4c3)c12. The van der Waals surface area contributed by atoms with Gasteiger partial charge in [-0.3, -0.25) is 0 Å². The summed E-state index contributed by atoms with van der Waals surface area (Å²) >= 11 is 5.81. The molecular formula is C15H8ClF2N7. The first-order chi connectivity index (χ1) is 12.1. The summed E-state index contributed by atoms with van der Waals surface area (Å²) in [6.07, 6.45) is -0.887. The summed E-state index contributed by atoms with van der Waals surface area (Å²) in [5.74, 6) is 0. The van der Waals surface area contributed by atoms with E-state index >= 15 is 0 Å². The minimum Gasteiger partial charge on any atom is -0.239 e. The van der Waals surface area contributed by atoms with Gasteiger partial charge in [-0.1, -0.05) is 11.3 Å². The third-order valence-corrected chi connectivity index (χ3v) is 3.89. The first-order valence-corrected chi connectivity index (χ1v) is 7.51. The van der Waals surface area contributed by atoms with Gasteiger partial charge in [0, 0.05) is 11.8 Å². The summed E-state index contributed by atoms with van der Waals surface area (Å²) in [7, 11) is 0. The van der Waals surface area contributed by atoms with Gasteiger partial charge in [0.15, 0.2) is 5.69 Å². The molecule has 25 heavy (non-hydrogen) atoms. The van der Waals surface area contributed by atoms with Crippen molar-refractivity contribution in [1.82, 2.24) is 29.6 Å². The Labute approximate surface area is 144 Å². The average Bonchev–Trinajstić information content (AvgIpc) is 3.17. The van der Waals surface area contributed by atoms with Crippen molar-refractivity contribution < 1.29 is 8.78 Å². The Morgan fingerprint density at radius 2 is 2.12 bits per heavy atom. The molecule has 0 aliphatic rings. The Morgan fingerprint density at radius 1 is 1.28 bits per heavy atom. The van der Waals surface area contributed by atoms with E-state index in [0.717, 1.165) is 4.68 Å². The third-order valence-electron chi connectivity index (χ3n) is 3.73. The fourth-order valence-corrected chi connectivity index (χ4v) is 2.87. The van der Waals surface area contributed by atoms with Crippen molar-refractivity contribution in [3.05, 3.63) is 41.4 Å². The van der Waals surface area contributed by atoms with Crippen molar-refractivity contribution in [3.63, 3.8) is 0 Å². The molecule has 0 saturated heterocycles. The van der Waals surface area contributed by atoms with Crippen LogP contribution in [-0.4, -0.2) is 36.0 Å². The molecule has 0 fully saturated rings. The van der Waals surface area contributed by atoms with Crippen LogP contribution >= 0.6 is 11.6 Å². The monoisotopic (exact) mass is 359 g/mol. The van der Waals surface area contributed by atoms with Crippen molar-refractivity contribution in [2.75, 3.05) is 0 Å². The molecular weight excluding hydrogens is 352 g/mol. The normalized spacial score (nSPS) is 11.5. The van der Waals surface area contributed by atoms with Gasteiger partial charge in [-0.25, -0.2) is 23.0 Å². The predicted molar refractivity (Wildman–Crippen MR) is 85.2 cm³/mol. The summed E-state index contributed by atoms with van der Waals surface area (Å²) in [5.41, 5.74) is 2.98. The lowest BCUT2D eigenvalue weighted by molar-refractivity contribution is 0.122. The minimum absolute atomic E-state index is 0.0409. The smallest absolute Gasteiger partial charge is 0.239 e. The Bertz CT molecular complexity index is 1140. The Morgan fingerprint density at radius 3 is 2.88 bits per heavy atom. The van der Waals surface area contributed by atoms with Crippen LogP contribution in [0, 0.1) is 11.3 Å². The van der Waals surface area contributed by atoms with E-state index in [2.05, 4.69) is 20.4 Å². The highest BCUT2D eigenvalue weighted by atomic mass is 35.5. The second kappa shape index (κ2) is 5.75. The van der Waals surface area contributed by atoms with Gasteiger partial charge in [-0.15, -0.1) is 10.2 Å². The lowest BCUT2D eigenvalue weighted by Crippen LogP contribution is -2.08. The molecule has 3 aromatic heterocycles. The van der Waals surface area contributed by atoms with Gasteiger partial charge in [-0.2, -0.15) is 5.26 Å². The second-order valence-electron chi connectivity index (χ2n) is 5.23.